The van der Waals surface area contributed by atoms with Crippen LogP contribution in [0.3, 0.4) is 0 Å². The zero-order valence-corrected chi connectivity index (χ0v) is 24.7. The number of aliphatic hydroxyl groups excluding tert-OH is 3. The lowest BCUT2D eigenvalue weighted by atomic mass is 9.89. The first kappa shape index (κ1) is 36.4. The molecule has 4 atom stereocenters. The summed E-state index contributed by atoms with van der Waals surface area (Å²) in [5.41, 5.74) is -0.0304. The normalized spacial score (nSPS) is 17.2. The van der Waals surface area contributed by atoms with Crippen molar-refractivity contribution in [1.29, 1.82) is 0 Å². The summed E-state index contributed by atoms with van der Waals surface area (Å²) in [6, 6.07) is 9.31. The highest BCUT2D eigenvalue weighted by Gasteiger charge is 2.32. The van der Waals surface area contributed by atoms with Crippen LogP contribution in [0.25, 0.3) is 0 Å². The second-order valence-corrected chi connectivity index (χ2v) is 11.1. The average Bonchev–Trinajstić information content (AvgIpc) is 3.55. The van der Waals surface area contributed by atoms with Crippen LogP contribution in [0.5, 0.6) is 11.5 Å². The number of benzene rings is 2. The van der Waals surface area contributed by atoms with Crippen molar-refractivity contribution in [2.75, 3.05) is 32.8 Å². The molecule has 4 rings (SSSR count). The molecule has 1 saturated heterocycles. The summed E-state index contributed by atoms with van der Waals surface area (Å²) in [6.07, 6.45) is -7.68. The van der Waals surface area contributed by atoms with Crippen LogP contribution in [-0.2, 0) is 20.6 Å². The molecule has 0 amide bonds. The molecule has 0 spiro atoms. The second-order valence-electron chi connectivity index (χ2n) is 11.1. The minimum Gasteiger partial charge on any atom is -0.486 e. The highest BCUT2D eigenvalue weighted by Crippen LogP contribution is 2.35. The van der Waals surface area contributed by atoms with Crippen LogP contribution >= 0.6 is 0 Å². The standard InChI is InChI=1S/C27H30F3NO5.C4H6O6/c28-27(29,30)21-6-3-18(4-7-21)23(33)9-8-22(32)15-20(17-31-11-1-2-12-31)26(34)19-5-10-24-25(16-19)36-14-13-35-24;5-1(3(7)8)2(6)4(9)10/h3-7,10,16,20,26,34H,1-2,8-9,11-15,17H2;1-2,5-6H,(H,7,8)(H,9,10)/p+1/t20-,26-;1-,2-/m10/s1. The van der Waals surface area contributed by atoms with Crippen LogP contribution in [0.1, 0.15) is 59.7 Å². The summed E-state index contributed by atoms with van der Waals surface area (Å²) in [5.74, 6) is -3.23. The minimum absolute atomic E-state index is 0.0282. The third-order valence-electron chi connectivity index (χ3n) is 7.68. The SMILES string of the molecule is O=C(CCC(=O)c1ccc(C(F)(F)F)cc1)C[C@H](C[NH+]1CCCC1)[C@H](O)c1ccc2c(c1)OCCO2.O=C(O)[C@@H](O)[C@H](O)C(=O)O. The Morgan fingerprint density at radius 3 is 1.91 bits per heavy atom. The molecule has 0 radical (unpaired) electrons. The van der Waals surface area contributed by atoms with E-state index in [1.807, 2.05) is 0 Å². The summed E-state index contributed by atoms with van der Waals surface area (Å²) in [5, 5.41) is 43.7. The summed E-state index contributed by atoms with van der Waals surface area (Å²) in [6.45, 7) is 3.51. The Hall–Kier alpha value is -4.05. The van der Waals surface area contributed by atoms with Crippen molar-refractivity contribution in [3.05, 3.63) is 59.2 Å². The third kappa shape index (κ3) is 10.5. The number of carboxylic acids is 2. The average molecular weight is 657 g/mol. The van der Waals surface area contributed by atoms with Crippen molar-refractivity contribution in [2.24, 2.45) is 5.92 Å². The van der Waals surface area contributed by atoms with Gasteiger partial charge < -0.3 is 39.9 Å². The molecule has 2 aliphatic heterocycles. The van der Waals surface area contributed by atoms with Crippen molar-refractivity contribution in [2.45, 2.75) is 56.6 Å². The van der Waals surface area contributed by atoms with Crippen LogP contribution in [0.4, 0.5) is 13.2 Å². The Morgan fingerprint density at radius 1 is 0.804 bits per heavy atom. The molecule has 2 aromatic carbocycles. The van der Waals surface area contributed by atoms with Gasteiger partial charge in [-0.1, -0.05) is 18.2 Å². The third-order valence-corrected chi connectivity index (χ3v) is 7.68. The fourth-order valence-corrected chi connectivity index (χ4v) is 5.17. The number of rotatable bonds is 13. The van der Waals surface area contributed by atoms with Crippen LogP contribution < -0.4 is 14.4 Å². The van der Waals surface area contributed by atoms with Gasteiger partial charge >= 0.3 is 18.1 Å². The molecular weight excluding hydrogens is 619 g/mol. The van der Waals surface area contributed by atoms with Gasteiger partial charge in [-0.15, -0.1) is 0 Å². The second kappa shape index (κ2) is 16.5. The van der Waals surface area contributed by atoms with Gasteiger partial charge in [-0.2, -0.15) is 13.2 Å². The quantitative estimate of drug-likeness (QED) is 0.170. The topological polar surface area (TPSA) is 192 Å². The number of aliphatic carboxylic acids is 2. The number of ether oxygens (including phenoxy) is 2. The van der Waals surface area contributed by atoms with Crippen molar-refractivity contribution < 1.29 is 72.3 Å². The van der Waals surface area contributed by atoms with Crippen molar-refractivity contribution in [3.63, 3.8) is 0 Å². The Bertz CT molecular complexity index is 1340. The smallest absolute Gasteiger partial charge is 0.416 e. The lowest BCUT2D eigenvalue weighted by Gasteiger charge is -2.26. The van der Waals surface area contributed by atoms with Crippen molar-refractivity contribution >= 4 is 23.5 Å². The van der Waals surface area contributed by atoms with Gasteiger partial charge in [0, 0.05) is 43.6 Å². The number of carbonyl (C=O) groups is 4. The predicted octanol–water partition coefficient (Wildman–Crippen LogP) is 1.30. The van der Waals surface area contributed by atoms with Gasteiger partial charge in [0.25, 0.3) is 0 Å². The van der Waals surface area contributed by atoms with Crippen molar-refractivity contribution in [3.8, 4) is 11.5 Å². The Morgan fingerprint density at radius 2 is 1.37 bits per heavy atom. The largest absolute Gasteiger partial charge is 0.486 e. The molecule has 0 aromatic heterocycles. The molecule has 15 heteroatoms. The van der Waals surface area contributed by atoms with Gasteiger partial charge in [0.1, 0.15) is 19.0 Å². The molecular formula is C31H37F3NO11+. The molecule has 12 nitrogen and oxygen atoms in total. The van der Waals surface area contributed by atoms with Gasteiger partial charge in [0.15, 0.2) is 29.5 Å². The molecule has 0 unspecified atom stereocenters. The zero-order valence-electron chi connectivity index (χ0n) is 24.7. The molecule has 1 fully saturated rings. The maximum Gasteiger partial charge on any atom is 0.416 e. The van der Waals surface area contributed by atoms with E-state index in [0.29, 0.717) is 36.8 Å². The van der Waals surface area contributed by atoms with Crippen LogP contribution in [0.2, 0.25) is 0 Å². The molecule has 0 saturated carbocycles. The van der Waals surface area contributed by atoms with E-state index in [0.717, 1.165) is 50.2 Å². The highest BCUT2D eigenvalue weighted by atomic mass is 19.4. The summed E-state index contributed by atoms with van der Waals surface area (Å²) in [7, 11) is 0. The molecule has 2 aliphatic rings. The van der Waals surface area contributed by atoms with Gasteiger partial charge in [0.2, 0.25) is 0 Å². The van der Waals surface area contributed by atoms with E-state index in [1.165, 1.54) is 4.90 Å². The van der Waals surface area contributed by atoms with E-state index in [9.17, 15) is 37.5 Å². The summed E-state index contributed by atoms with van der Waals surface area (Å²) < 4.78 is 49.4. The lowest BCUT2D eigenvalue weighted by molar-refractivity contribution is -0.891. The van der Waals surface area contributed by atoms with E-state index in [1.54, 1.807) is 18.2 Å². The fourth-order valence-electron chi connectivity index (χ4n) is 5.17. The van der Waals surface area contributed by atoms with Gasteiger partial charge in [0.05, 0.1) is 31.3 Å². The molecule has 46 heavy (non-hydrogen) atoms. The first-order valence-corrected chi connectivity index (χ1v) is 14.6. The van der Waals surface area contributed by atoms with E-state index in [2.05, 4.69) is 0 Å². The molecule has 2 aromatic rings. The molecule has 0 aliphatic carbocycles. The number of quaternary nitrogens is 1. The van der Waals surface area contributed by atoms with Crippen LogP contribution in [-0.4, -0.2) is 94.1 Å². The van der Waals surface area contributed by atoms with Gasteiger partial charge in [-0.3, -0.25) is 9.59 Å². The first-order valence-electron chi connectivity index (χ1n) is 14.6. The highest BCUT2D eigenvalue weighted by molar-refractivity contribution is 5.98. The predicted molar refractivity (Wildman–Crippen MR) is 153 cm³/mol. The summed E-state index contributed by atoms with van der Waals surface area (Å²) >= 11 is 0. The number of fused-ring (bicyclic) bond motifs is 1. The molecule has 252 valence electrons. The van der Waals surface area contributed by atoms with E-state index in [-0.39, 0.29) is 42.3 Å². The minimum atomic E-state index is -4.47. The Labute approximate surface area is 262 Å². The number of ketones is 2. The number of Topliss-reactive ketones (excluding diaryl/α,β-unsaturated/α-hetero) is 2. The number of likely N-dealkylation sites (tertiary alicyclic amines) is 1. The number of hydrogen-bond acceptors (Lipinski definition) is 9. The number of nitrogens with one attached hydrogen (secondary N) is 1. The number of alkyl halides is 3. The zero-order chi connectivity index (χ0) is 34.0. The number of halogens is 3. The number of hydrogen-bond donors (Lipinski definition) is 6. The van der Waals surface area contributed by atoms with E-state index < -0.39 is 42.0 Å². The number of carbonyl (C=O) groups excluding carboxylic acids is 2. The number of carboxylic acid groups (broad SMARTS) is 2. The number of aliphatic hydroxyl groups is 3. The van der Waals surface area contributed by atoms with E-state index >= 15 is 0 Å². The Balaban J connectivity index is 0.000000498. The van der Waals surface area contributed by atoms with Crippen molar-refractivity contribution in [1.82, 2.24) is 0 Å². The molecule has 0 bridgehead atoms. The Kier molecular flexibility index (Phi) is 13.1. The van der Waals surface area contributed by atoms with Gasteiger partial charge in [-0.25, -0.2) is 9.59 Å². The summed E-state index contributed by atoms with van der Waals surface area (Å²) in [4.78, 5) is 46.2. The maximum absolute atomic E-state index is 12.9. The first-order chi connectivity index (χ1) is 21.7. The monoisotopic (exact) mass is 656 g/mol. The molecule has 2 heterocycles. The molecule has 6 N–H and O–H groups in total. The van der Waals surface area contributed by atoms with Crippen LogP contribution in [0, 0.1) is 5.92 Å². The fraction of sp³-hybridized carbons (Fsp3) is 0.484. The maximum atomic E-state index is 12.9. The van der Waals surface area contributed by atoms with E-state index in [4.69, 9.17) is 29.9 Å². The van der Waals surface area contributed by atoms with Crippen LogP contribution in [0.15, 0.2) is 42.5 Å². The lowest BCUT2D eigenvalue weighted by Crippen LogP contribution is -3.10. The van der Waals surface area contributed by atoms with Gasteiger partial charge in [-0.05, 0) is 29.8 Å².